The van der Waals surface area contributed by atoms with Crippen LogP contribution in [0.15, 0.2) is 22.0 Å². The number of aryl methyl sites for hydroxylation is 1. The second-order valence-corrected chi connectivity index (χ2v) is 4.92. The monoisotopic (exact) mass is 284 g/mol. The molecule has 0 bridgehead atoms. The Morgan fingerprint density at radius 3 is 2.80 bits per heavy atom. The molecule has 0 unspecified atom stereocenters. The number of aliphatic hydroxyl groups excluding tert-OH is 1. The lowest BCUT2D eigenvalue weighted by atomic mass is 10.3. The molecule has 0 saturated heterocycles. The topological polar surface area (TPSA) is 46.0 Å². The van der Waals surface area contributed by atoms with Crippen LogP contribution < -0.4 is 0 Å². The summed E-state index contributed by atoms with van der Waals surface area (Å²) in [5.41, 5.74) is 1.73. The van der Waals surface area contributed by atoms with Crippen LogP contribution in [0.25, 0.3) is 10.6 Å². The normalized spacial score (nSPS) is 10.6. The minimum Gasteiger partial charge on any atom is -0.388 e. The van der Waals surface area contributed by atoms with Gasteiger partial charge in [0.15, 0.2) is 5.82 Å². The molecule has 2 heterocycles. The van der Waals surface area contributed by atoms with E-state index in [2.05, 4.69) is 25.9 Å². The Morgan fingerprint density at radius 1 is 1.40 bits per heavy atom. The molecule has 2 aromatic rings. The van der Waals surface area contributed by atoms with E-state index in [0.717, 1.165) is 20.7 Å². The SMILES string of the molecule is Cc1cc(-c2cc(Br)cs2)nc(CO)n1. The van der Waals surface area contributed by atoms with Crippen molar-refractivity contribution in [3.05, 3.63) is 33.5 Å². The Hall–Kier alpha value is -0.780. The minimum absolute atomic E-state index is 0.124. The van der Waals surface area contributed by atoms with E-state index in [4.69, 9.17) is 5.11 Å². The number of hydrogen-bond donors (Lipinski definition) is 1. The molecule has 0 aliphatic carbocycles. The average molecular weight is 285 g/mol. The number of rotatable bonds is 2. The summed E-state index contributed by atoms with van der Waals surface area (Å²) in [4.78, 5) is 9.45. The highest BCUT2D eigenvalue weighted by Crippen LogP contribution is 2.28. The molecule has 15 heavy (non-hydrogen) atoms. The van der Waals surface area contributed by atoms with Gasteiger partial charge in [0.2, 0.25) is 0 Å². The summed E-state index contributed by atoms with van der Waals surface area (Å²) in [6.45, 7) is 1.77. The number of thiophene rings is 1. The predicted octanol–water partition coefficient (Wildman–Crippen LogP) is 2.77. The zero-order chi connectivity index (χ0) is 10.8. The van der Waals surface area contributed by atoms with Gasteiger partial charge in [-0.1, -0.05) is 0 Å². The smallest absolute Gasteiger partial charge is 0.154 e. The largest absolute Gasteiger partial charge is 0.388 e. The minimum atomic E-state index is -0.124. The standard InChI is InChI=1S/C10H9BrN2OS/c1-6-2-8(13-10(4-14)12-6)9-3-7(11)5-15-9/h2-3,5,14H,4H2,1H3. The maximum absolute atomic E-state index is 9.01. The Morgan fingerprint density at radius 2 is 2.20 bits per heavy atom. The predicted molar refractivity (Wildman–Crippen MR) is 63.7 cm³/mol. The van der Waals surface area contributed by atoms with E-state index in [0.29, 0.717) is 5.82 Å². The highest BCUT2D eigenvalue weighted by molar-refractivity contribution is 9.10. The van der Waals surface area contributed by atoms with E-state index in [1.807, 2.05) is 24.4 Å². The average Bonchev–Trinajstić information content (AvgIpc) is 2.64. The number of aromatic nitrogens is 2. The second-order valence-electron chi connectivity index (χ2n) is 3.10. The quantitative estimate of drug-likeness (QED) is 0.922. The summed E-state index contributed by atoms with van der Waals surface area (Å²) < 4.78 is 1.05. The Bertz CT molecular complexity index is 484. The van der Waals surface area contributed by atoms with Crippen molar-refractivity contribution in [2.24, 2.45) is 0 Å². The van der Waals surface area contributed by atoms with Crippen molar-refractivity contribution in [1.29, 1.82) is 0 Å². The van der Waals surface area contributed by atoms with Crippen molar-refractivity contribution in [2.45, 2.75) is 13.5 Å². The lowest BCUT2D eigenvalue weighted by Crippen LogP contribution is -1.97. The fourth-order valence-corrected chi connectivity index (χ4v) is 2.66. The zero-order valence-corrected chi connectivity index (χ0v) is 10.5. The summed E-state index contributed by atoms with van der Waals surface area (Å²) in [5.74, 6) is 0.467. The van der Waals surface area contributed by atoms with Gasteiger partial charge in [-0.05, 0) is 35.0 Å². The van der Waals surface area contributed by atoms with Crippen LogP contribution in [0.1, 0.15) is 11.5 Å². The Balaban J connectivity index is 2.48. The molecule has 0 aliphatic rings. The lowest BCUT2D eigenvalue weighted by Gasteiger charge is -2.01. The fraction of sp³-hybridized carbons (Fsp3) is 0.200. The second kappa shape index (κ2) is 4.38. The molecular weight excluding hydrogens is 276 g/mol. The van der Waals surface area contributed by atoms with Gasteiger partial charge >= 0.3 is 0 Å². The Kier molecular flexibility index (Phi) is 3.14. The van der Waals surface area contributed by atoms with Crippen LogP contribution in [0.2, 0.25) is 0 Å². The van der Waals surface area contributed by atoms with Crippen molar-refractivity contribution in [3.63, 3.8) is 0 Å². The summed E-state index contributed by atoms with van der Waals surface area (Å²) in [6, 6.07) is 3.92. The summed E-state index contributed by atoms with van der Waals surface area (Å²) in [7, 11) is 0. The first kappa shape index (κ1) is 10.7. The van der Waals surface area contributed by atoms with Gasteiger partial charge in [-0.15, -0.1) is 11.3 Å². The maximum atomic E-state index is 9.01. The fourth-order valence-electron chi connectivity index (χ4n) is 1.27. The third-order valence-corrected chi connectivity index (χ3v) is 3.58. The summed E-state index contributed by atoms with van der Waals surface area (Å²) in [5, 5.41) is 11.0. The molecule has 0 saturated carbocycles. The van der Waals surface area contributed by atoms with E-state index in [1.165, 1.54) is 0 Å². The summed E-state index contributed by atoms with van der Waals surface area (Å²) >= 11 is 5.01. The van der Waals surface area contributed by atoms with Crippen molar-refractivity contribution in [3.8, 4) is 10.6 Å². The first-order valence-corrected chi connectivity index (χ1v) is 6.06. The molecule has 78 valence electrons. The molecule has 5 heteroatoms. The van der Waals surface area contributed by atoms with Crippen LogP contribution in [-0.2, 0) is 6.61 Å². The van der Waals surface area contributed by atoms with Crippen LogP contribution in [0, 0.1) is 6.92 Å². The van der Waals surface area contributed by atoms with Crippen molar-refractivity contribution in [2.75, 3.05) is 0 Å². The first-order chi connectivity index (χ1) is 7.19. The molecule has 0 aliphatic heterocycles. The van der Waals surface area contributed by atoms with Crippen LogP contribution in [0.4, 0.5) is 0 Å². The van der Waals surface area contributed by atoms with Crippen molar-refractivity contribution >= 4 is 27.3 Å². The number of hydrogen-bond acceptors (Lipinski definition) is 4. The highest BCUT2D eigenvalue weighted by Gasteiger charge is 2.06. The van der Waals surface area contributed by atoms with Crippen molar-refractivity contribution < 1.29 is 5.11 Å². The zero-order valence-electron chi connectivity index (χ0n) is 8.07. The molecule has 0 radical (unpaired) electrons. The van der Waals surface area contributed by atoms with E-state index in [9.17, 15) is 0 Å². The van der Waals surface area contributed by atoms with E-state index < -0.39 is 0 Å². The van der Waals surface area contributed by atoms with Gasteiger partial charge in [-0.2, -0.15) is 0 Å². The maximum Gasteiger partial charge on any atom is 0.154 e. The molecule has 0 amide bonds. The molecule has 0 atom stereocenters. The van der Waals surface area contributed by atoms with Gasteiger partial charge in [0.1, 0.15) is 6.61 Å². The molecular formula is C10H9BrN2OS. The van der Waals surface area contributed by atoms with Crippen LogP contribution >= 0.6 is 27.3 Å². The number of nitrogens with zero attached hydrogens (tertiary/aromatic N) is 2. The Labute approximate surface area is 100.0 Å². The van der Waals surface area contributed by atoms with E-state index >= 15 is 0 Å². The van der Waals surface area contributed by atoms with Crippen LogP contribution in [-0.4, -0.2) is 15.1 Å². The molecule has 3 nitrogen and oxygen atoms in total. The van der Waals surface area contributed by atoms with Gasteiger partial charge in [0, 0.05) is 15.5 Å². The third-order valence-electron chi connectivity index (χ3n) is 1.86. The molecule has 1 N–H and O–H groups in total. The third kappa shape index (κ3) is 2.42. The molecule has 0 fully saturated rings. The van der Waals surface area contributed by atoms with Gasteiger partial charge in [0.25, 0.3) is 0 Å². The first-order valence-electron chi connectivity index (χ1n) is 4.39. The van der Waals surface area contributed by atoms with E-state index in [1.54, 1.807) is 11.3 Å². The molecule has 0 aromatic carbocycles. The van der Waals surface area contributed by atoms with Crippen molar-refractivity contribution in [1.82, 2.24) is 9.97 Å². The van der Waals surface area contributed by atoms with E-state index in [-0.39, 0.29) is 6.61 Å². The highest BCUT2D eigenvalue weighted by atomic mass is 79.9. The molecule has 0 spiro atoms. The lowest BCUT2D eigenvalue weighted by molar-refractivity contribution is 0.271. The summed E-state index contributed by atoms with van der Waals surface area (Å²) in [6.07, 6.45) is 0. The van der Waals surface area contributed by atoms with Gasteiger partial charge in [-0.3, -0.25) is 0 Å². The van der Waals surface area contributed by atoms with Gasteiger partial charge in [0.05, 0.1) is 10.6 Å². The van der Waals surface area contributed by atoms with Crippen LogP contribution in [0.3, 0.4) is 0 Å². The number of aliphatic hydroxyl groups is 1. The molecule has 2 aromatic heterocycles. The van der Waals surface area contributed by atoms with Gasteiger partial charge in [-0.25, -0.2) is 9.97 Å². The van der Waals surface area contributed by atoms with Crippen LogP contribution in [0.5, 0.6) is 0 Å². The molecule has 2 rings (SSSR count). The number of halogens is 1. The van der Waals surface area contributed by atoms with Gasteiger partial charge < -0.3 is 5.11 Å².